The van der Waals surface area contributed by atoms with Crippen molar-refractivity contribution in [3.05, 3.63) is 35.4 Å². The van der Waals surface area contributed by atoms with Gasteiger partial charge in [-0.25, -0.2) is 4.39 Å². The van der Waals surface area contributed by atoms with E-state index in [2.05, 4.69) is 12.1 Å². The number of hydrogen-bond acceptors (Lipinski definition) is 1. The summed E-state index contributed by atoms with van der Waals surface area (Å²) >= 11 is 0. The Labute approximate surface area is 90.5 Å². The molecule has 1 fully saturated rings. The fraction of sp³-hybridized carbons (Fsp3) is 0.538. The highest BCUT2D eigenvalue weighted by molar-refractivity contribution is 5.27. The summed E-state index contributed by atoms with van der Waals surface area (Å²) < 4.78 is 13.5. The molecule has 1 unspecified atom stereocenters. The van der Waals surface area contributed by atoms with E-state index < -0.39 is 6.17 Å². The maximum Gasteiger partial charge on any atom is 0.126 e. The third kappa shape index (κ3) is 2.37. The predicted octanol–water partition coefficient (Wildman–Crippen LogP) is 3.31. The van der Waals surface area contributed by atoms with Crippen LogP contribution in [-0.4, -0.2) is 6.54 Å². The summed E-state index contributed by atoms with van der Waals surface area (Å²) in [5, 5.41) is 0. The highest BCUT2D eigenvalue weighted by atomic mass is 19.1. The minimum atomic E-state index is -0.898. The zero-order chi connectivity index (χ0) is 10.7. The van der Waals surface area contributed by atoms with Gasteiger partial charge in [0.1, 0.15) is 6.17 Å². The van der Waals surface area contributed by atoms with Crippen LogP contribution < -0.4 is 5.73 Å². The monoisotopic (exact) mass is 207 g/mol. The summed E-state index contributed by atoms with van der Waals surface area (Å²) in [5.41, 5.74) is 7.47. The molecule has 0 radical (unpaired) electrons. The molecule has 2 heteroatoms. The van der Waals surface area contributed by atoms with Crippen LogP contribution in [0.3, 0.4) is 0 Å². The second-order valence-electron chi connectivity index (χ2n) is 4.34. The molecule has 1 nitrogen and oxygen atoms in total. The van der Waals surface area contributed by atoms with Gasteiger partial charge in [-0.2, -0.15) is 0 Å². The summed E-state index contributed by atoms with van der Waals surface area (Å²) in [5.74, 6) is 0.728. The average molecular weight is 207 g/mol. The van der Waals surface area contributed by atoms with Crippen LogP contribution in [-0.2, 0) is 0 Å². The molecule has 0 bridgehead atoms. The van der Waals surface area contributed by atoms with Crippen molar-refractivity contribution in [2.75, 3.05) is 6.54 Å². The lowest BCUT2D eigenvalue weighted by Crippen LogP contribution is -2.09. The summed E-state index contributed by atoms with van der Waals surface area (Å²) in [6.07, 6.45) is 3.45. The number of alkyl halides is 1. The van der Waals surface area contributed by atoms with Gasteiger partial charge in [0.05, 0.1) is 0 Å². The maximum absolute atomic E-state index is 13.5. The topological polar surface area (TPSA) is 26.0 Å². The molecule has 0 amide bonds. The SMILES string of the molecule is NCCC(F)c1ccc(C2CCC2)cc1. The quantitative estimate of drug-likeness (QED) is 0.805. The largest absolute Gasteiger partial charge is 0.330 e. The molecule has 15 heavy (non-hydrogen) atoms. The normalized spacial score (nSPS) is 18.5. The highest BCUT2D eigenvalue weighted by Crippen LogP contribution is 2.36. The Hall–Kier alpha value is -0.890. The molecule has 1 atom stereocenters. The van der Waals surface area contributed by atoms with Gasteiger partial charge in [0.15, 0.2) is 0 Å². The Morgan fingerprint density at radius 3 is 2.40 bits per heavy atom. The number of rotatable bonds is 4. The molecule has 0 aromatic heterocycles. The van der Waals surface area contributed by atoms with E-state index in [-0.39, 0.29) is 0 Å². The number of hydrogen-bond donors (Lipinski definition) is 1. The number of halogens is 1. The van der Waals surface area contributed by atoms with Gasteiger partial charge in [-0.05, 0) is 42.9 Å². The van der Waals surface area contributed by atoms with E-state index in [4.69, 9.17) is 5.73 Å². The van der Waals surface area contributed by atoms with Gasteiger partial charge in [-0.3, -0.25) is 0 Å². The molecule has 1 aromatic rings. The first kappa shape index (κ1) is 10.6. The van der Waals surface area contributed by atoms with Crippen molar-refractivity contribution in [3.63, 3.8) is 0 Å². The van der Waals surface area contributed by atoms with E-state index in [1.165, 1.54) is 24.8 Å². The van der Waals surface area contributed by atoms with Crippen molar-refractivity contribution in [1.82, 2.24) is 0 Å². The minimum absolute atomic E-state index is 0.408. The van der Waals surface area contributed by atoms with E-state index in [0.29, 0.717) is 13.0 Å². The average Bonchev–Trinajstić information content (AvgIpc) is 2.16. The van der Waals surface area contributed by atoms with Gasteiger partial charge in [0, 0.05) is 0 Å². The molecular formula is C13H18FN. The maximum atomic E-state index is 13.5. The van der Waals surface area contributed by atoms with E-state index >= 15 is 0 Å². The molecular weight excluding hydrogens is 189 g/mol. The first-order chi connectivity index (χ1) is 7.31. The van der Waals surface area contributed by atoms with Crippen LogP contribution in [0.5, 0.6) is 0 Å². The summed E-state index contributed by atoms with van der Waals surface area (Å²) in [6, 6.07) is 7.96. The molecule has 0 aliphatic heterocycles. The Morgan fingerprint density at radius 2 is 1.93 bits per heavy atom. The lowest BCUT2D eigenvalue weighted by atomic mass is 9.80. The summed E-state index contributed by atoms with van der Waals surface area (Å²) in [6.45, 7) is 0.408. The number of nitrogens with two attached hydrogens (primary N) is 1. The van der Waals surface area contributed by atoms with Crippen molar-refractivity contribution in [3.8, 4) is 0 Å². The molecule has 0 saturated heterocycles. The standard InChI is InChI=1S/C13H18FN/c14-13(8-9-15)12-6-4-11(5-7-12)10-2-1-3-10/h4-7,10,13H,1-3,8-9,15H2. The van der Waals surface area contributed by atoms with Crippen LogP contribution in [0.4, 0.5) is 4.39 Å². The van der Waals surface area contributed by atoms with Crippen LogP contribution >= 0.6 is 0 Å². The van der Waals surface area contributed by atoms with Crippen LogP contribution in [0.1, 0.15) is 48.9 Å². The van der Waals surface area contributed by atoms with Crippen LogP contribution in [0.15, 0.2) is 24.3 Å². The lowest BCUT2D eigenvalue weighted by Gasteiger charge is -2.26. The van der Waals surface area contributed by atoms with Crippen LogP contribution in [0.25, 0.3) is 0 Å². The Kier molecular flexibility index (Phi) is 3.37. The third-order valence-corrected chi connectivity index (χ3v) is 3.29. The van der Waals surface area contributed by atoms with Crippen molar-refractivity contribution in [2.45, 2.75) is 37.8 Å². The van der Waals surface area contributed by atoms with E-state index in [9.17, 15) is 4.39 Å². The van der Waals surface area contributed by atoms with Crippen molar-refractivity contribution < 1.29 is 4.39 Å². The zero-order valence-electron chi connectivity index (χ0n) is 8.95. The van der Waals surface area contributed by atoms with Crippen molar-refractivity contribution >= 4 is 0 Å². The van der Waals surface area contributed by atoms with Crippen molar-refractivity contribution in [1.29, 1.82) is 0 Å². The van der Waals surface area contributed by atoms with Gasteiger partial charge in [-0.15, -0.1) is 0 Å². The van der Waals surface area contributed by atoms with E-state index in [1.54, 1.807) is 0 Å². The molecule has 2 N–H and O–H groups in total. The first-order valence-electron chi connectivity index (χ1n) is 5.75. The molecule has 1 aromatic carbocycles. The van der Waals surface area contributed by atoms with Gasteiger partial charge in [0.2, 0.25) is 0 Å². The minimum Gasteiger partial charge on any atom is -0.330 e. The van der Waals surface area contributed by atoms with E-state index in [1.807, 2.05) is 12.1 Å². The molecule has 1 aliphatic carbocycles. The second-order valence-corrected chi connectivity index (χ2v) is 4.34. The van der Waals surface area contributed by atoms with Gasteiger partial charge >= 0.3 is 0 Å². The molecule has 0 heterocycles. The second kappa shape index (κ2) is 4.75. The smallest absolute Gasteiger partial charge is 0.126 e. The van der Waals surface area contributed by atoms with Gasteiger partial charge < -0.3 is 5.73 Å². The summed E-state index contributed by atoms with van der Waals surface area (Å²) in [4.78, 5) is 0. The fourth-order valence-corrected chi connectivity index (χ4v) is 2.03. The van der Waals surface area contributed by atoms with Gasteiger partial charge in [-0.1, -0.05) is 30.7 Å². The molecule has 2 rings (SSSR count). The lowest BCUT2D eigenvalue weighted by molar-refractivity contribution is 0.327. The fourth-order valence-electron chi connectivity index (χ4n) is 2.03. The van der Waals surface area contributed by atoms with Crippen LogP contribution in [0.2, 0.25) is 0 Å². The Balaban J connectivity index is 2.02. The Morgan fingerprint density at radius 1 is 1.27 bits per heavy atom. The first-order valence-corrected chi connectivity index (χ1v) is 5.75. The molecule has 1 saturated carbocycles. The molecule has 82 valence electrons. The van der Waals surface area contributed by atoms with Gasteiger partial charge in [0.25, 0.3) is 0 Å². The molecule has 1 aliphatic rings. The highest BCUT2D eigenvalue weighted by Gasteiger charge is 2.19. The Bertz CT molecular complexity index is 303. The van der Waals surface area contributed by atoms with Crippen molar-refractivity contribution in [2.24, 2.45) is 5.73 Å². The van der Waals surface area contributed by atoms with Crippen LogP contribution in [0, 0.1) is 0 Å². The molecule has 0 spiro atoms. The zero-order valence-corrected chi connectivity index (χ0v) is 8.95. The van der Waals surface area contributed by atoms with E-state index in [0.717, 1.165) is 11.5 Å². The predicted molar refractivity (Wildman–Crippen MR) is 60.6 cm³/mol. The summed E-state index contributed by atoms with van der Waals surface area (Å²) in [7, 11) is 0. The number of benzene rings is 1. The third-order valence-electron chi connectivity index (χ3n) is 3.29.